The Morgan fingerprint density at radius 3 is 2.43 bits per heavy atom. The van der Waals surface area contributed by atoms with Crippen molar-refractivity contribution in [3.8, 4) is 0 Å². The zero-order chi connectivity index (χ0) is 24.2. The molecule has 4 N–H and O–H groups in total. The van der Waals surface area contributed by atoms with Crippen molar-refractivity contribution in [1.82, 2.24) is 20.4 Å². The molecule has 3 aromatic rings. The molecule has 2 amide bonds. The largest absolute Gasteiger partial charge is 0.354 e. The Hall–Kier alpha value is -3.45. The maximum atomic E-state index is 13.7. The van der Waals surface area contributed by atoms with E-state index in [1.807, 2.05) is 66.9 Å². The molecule has 1 aliphatic carbocycles. The average Bonchev–Trinajstić information content (AvgIpc) is 3.58. The van der Waals surface area contributed by atoms with Crippen molar-refractivity contribution in [3.05, 3.63) is 89.2 Å². The van der Waals surface area contributed by atoms with Gasteiger partial charge in [-0.05, 0) is 54.7 Å². The molecule has 1 saturated heterocycles. The molecule has 35 heavy (non-hydrogen) atoms. The lowest BCUT2D eigenvalue weighted by Crippen LogP contribution is -2.53. The van der Waals surface area contributed by atoms with Gasteiger partial charge in [0.05, 0.1) is 12.2 Å². The lowest BCUT2D eigenvalue weighted by atomic mass is 9.84. The van der Waals surface area contributed by atoms with Crippen molar-refractivity contribution in [1.29, 1.82) is 0 Å². The number of aromatic nitrogens is 2. The minimum absolute atomic E-state index is 0.0722. The number of aryl methyl sites for hydroxylation is 1. The van der Waals surface area contributed by atoms with Crippen molar-refractivity contribution in [3.63, 3.8) is 0 Å². The fourth-order valence-electron chi connectivity index (χ4n) is 5.59. The number of H-pyrrole nitrogens is 1. The second-order valence-electron chi connectivity index (χ2n) is 9.74. The number of aromatic amines is 1. The molecular weight excluding hydrogens is 438 g/mol. The normalized spacial score (nSPS) is 20.5. The highest BCUT2D eigenvalue weighted by Gasteiger charge is 2.39. The molecule has 0 saturated carbocycles. The highest BCUT2D eigenvalue weighted by molar-refractivity contribution is 5.91. The summed E-state index contributed by atoms with van der Waals surface area (Å²) in [5, 5.41) is 10.3. The molecule has 182 valence electrons. The second-order valence-corrected chi connectivity index (χ2v) is 9.74. The van der Waals surface area contributed by atoms with Crippen molar-refractivity contribution in [2.75, 3.05) is 13.1 Å². The summed E-state index contributed by atoms with van der Waals surface area (Å²) in [6, 6.07) is 18.6. The van der Waals surface area contributed by atoms with Crippen LogP contribution in [0.4, 0.5) is 0 Å². The van der Waals surface area contributed by atoms with Crippen LogP contribution in [0.5, 0.6) is 0 Å². The lowest BCUT2D eigenvalue weighted by molar-refractivity contribution is -0.139. The predicted octanol–water partition coefficient (Wildman–Crippen LogP) is 2.78. The number of nitrogens with zero attached hydrogens (tertiary/aromatic N) is 2. The van der Waals surface area contributed by atoms with Crippen molar-refractivity contribution in [2.24, 2.45) is 11.7 Å². The van der Waals surface area contributed by atoms with Gasteiger partial charge in [0.2, 0.25) is 11.8 Å². The maximum Gasteiger partial charge on any atom is 0.242 e. The summed E-state index contributed by atoms with van der Waals surface area (Å²) in [5.74, 6) is -0.129. The summed E-state index contributed by atoms with van der Waals surface area (Å²) in [5.41, 5.74) is 11.1. The van der Waals surface area contributed by atoms with Gasteiger partial charge in [0.25, 0.3) is 0 Å². The lowest BCUT2D eigenvalue weighted by Gasteiger charge is -2.31. The fourth-order valence-corrected chi connectivity index (χ4v) is 5.59. The molecule has 0 bridgehead atoms. The molecule has 7 heteroatoms. The summed E-state index contributed by atoms with van der Waals surface area (Å²) in [6.07, 6.45) is 6.25. The third kappa shape index (κ3) is 5.00. The Bertz CT molecular complexity index is 1110. The number of rotatable bonds is 7. The van der Waals surface area contributed by atoms with E-state index in [1.165, 1.54) is 11.3 Å². The predicted molar refractivity (Wildman–Crippen MR) is 135 cm³/mol. The zero-order valence-corrected chi connectivity index (χ0v) is 19.9. The third-order valence-corrected chi connectivity index (χ3v) is 7.48. The number of carbonyl (C=O) groups excluding carboxylic acids is 2. The SMILES string of the molecule is NC(C(=O)N1CCC[C@H]1C(=O)NCC1CCc2[nH]ncc2C1)C(c1ccccc1)c1ccccc1. The standard InChI is InChI=1S/C28H33N5O2/c29-26(25(20-8-3-1-4-9-20)21-10-5-2-6-11-21)28(35)33-15-7-12-24(33)27(34)30-17-19-13-14-23-22(16-19)18-31-32-23/h1-6,8-11,18-19,24-26H,7,12-17,29H2,(H,30,34)(H,31,32)/t19?,24-,26?/m0/s1. The molecule has 2 aromatic carbocycles. The van der Waals surface area contributed by atoms with Gasteiger partial charge in [-0.15, -0.1) is 0 Å². The van der Waals surface area contributed by atoms with E-state index in [-0.39, 0.29) is 17.7 Å². The summed E-state index contributed by atoms with van der Waals surface area (Å²) in [4.78, 5) is 28.5. The van der Waals surface area contributed by atoms with Crippen LogP contribution >= 0.6 is 0 Å². The van der Waals surface area contributed by atoms with Gasteiger partial charge in [-0.1, -0.05) is 60.7 Å². The van der Waals surface area contributed by atoms with Crippen LogP contribution in [0.3, 0.4) is 0 Å². The highest BCUT2D eigenvalue weighted by Crippen LogP contribution is 2.30. The van der Waals surface area contributed by atoms with Crippen molar-refractivity contribution < 1.29 is 9.59 Å². The Morgan fingerprint density at radius 2 is 1.74 bits per heavy atom. The Labute approximate surface area is 206 Å². The Balaban J connectivity index is 1.26. The van der Waals surface area contributed by atoms with E-state index in [9.17, 15) is 9.59 Å². The smallest absolute Gasteiger partial charge is 0.242 e. The molecule has 0 radical (unpaired) electrons. The first kappa shape index (κ1) is 23.3. The number of benzene rings is 2. The van der Waals surface area contributed by atoms with Gasteiger partial charge in [-0.25, -0.2) is 0 Å². The topological polar surface area (TPSA) is 104 Å². The van der Waals surface area contributed by atoms with E-state index < -0.39 is 12.1 Å². The van der Waals surface area contributed by atoms with E-state index in [0.29, 0.717) is 25.4 Å². The van der Waals surface area contributed by atoms with Gasteiger partial charge in [-0.3, -0.25) is 14.7 Å². The number of carbonyl (C=O) groups is 2. The molecule has 3 atom stereocenters. The van der Waals surface area contributed by atoms with Gasteiger partial charge < -0.3 is 16.0 Å². The van der Waals surface area contributed by atoms with Gasteiger partial charge in [0, 0.05) is 24.7 Å². The summed E-state index contributed by atoms with van der Waals surface area (Å²) in [6.45, 7) is 1.17. The van der Waals surface area contributed by atoms with Gasteiger partial charge >= 0.3 is 0 Å². The number of likely N-dealkylation sites (tertiary alicyclic amines) is 1. The first-order chi connectivity index (χ1) is 17.1. The number of nitrogens with two attached hydrogens (primary N) is 1. The molecule has 7 nitrogen and oxygen atoms in total. The van der Waals surface area contributed by atoms with E-state index in [1.54, 1.807) is 4.90 Å². The quantitative estimate of drug-likeness (QED) is 0.493. The molecule has 1 aliphatic heterocycles. The minimum Gasteiger partial charge on any atom is -0.354 e. The van der Waals surface area contributed by atoms with E-state index in [0.717, 1.165) is 36.8 Å². The van der Waals surface area contributed by atoms with Crippen LogP contribution < -0.4 is 11.1 Å². The molecule has 2 heterocycles. The van der Waals surface area contributed by atoms with Crippen LogP contribution in [0.1, 0.15) is 47.6 Å². The third-order valence-electron chi connectivity index (χ3n) is 7.48. The number of amides is 2. The fraction of sp³-hybridized carbons (Fsp3) is 0.393. The van der Waals surface area contributed by atoms with Crippen LogP contribution in [0.2, 0.25) is 0 Å². The zero-order valence-electron chi connectivity index (χ0n) is 19.9. The molecule has 2 aliphatic rings. The van der Waals surface area contributed by atoms with Crippen LogP contribution in [0, 0.1) is 5.92 Å². The molecular formula is C28H33N5O2. The van der Waals surface area contributed by atoms with E-state index >= 15 is 0 Å². The molecule has 5 rings (SSSR count). The van der Waals surface area contributed by atoms with Crippen molar-refractivity contribution >= 4 is 11.8 Å². The maximum absolute atomic E-state index is 13.7. The van der Waals surface area contributed by atoms with Crippen LogP contribution in [-0.4, -0.2) is 52.1 Å². The summed E-state index contributed by atoms with van der Waals surface area (Å²) >= 11 is 0. The number of hydrogen-bond donors (Lipinski definition) is 3. The summed E-state index contributed by atoms with van der Waals surface area (Å²) in [7, 11) is 0. The second kappa shape index (κ2) is 10.4. The van der Waals surface area contributed by atoms with Crippen molar-refractivity contribution in [2.45, 2.75) is 50.1 Å². The monoisotopic (exact) mass is 471 g/mol. The summed E-state index contributed by atoms with van der Waals surface area (Å²) < 4.78 is 0. The van der Waals surface area contributed by atoms with Crippen LogP contribution in [0.15, 0.2) is 66.9 Å². The highest BCUT2D eigenvalue weighted by atomic mass is 16.2. The van der Waals surface area contributed by atoms with Gasteiger partial charge in [-0.2, -0.15) is 5.10 Å². The molecule has 0 spiro atoms. The van der Waals surface area contributed by atoms with Gasteiger partial charge in [0.15, 0.2) is 0 Å². The number of fused-ring (bicyclic) bond motifs is 1. The minimum atomic E-state index is -0.772. The molecule has 1 fully saturated rings. The molecule has 2 unspecified atom stereocenters. The number of nitrogens with one attached hydrogen (secondary N) is 2. The molecule has 1 aromatic heterocycles. The number of hydrogen-bond acceptors (Lipinski definition) is 4. The van der Waals surface area contributed by atoms with E-state index in [4.69, 9.17) is 5.73 Å². The Kier molecular flexibility index (Phi) is 6.95. The Morgan fingerprint density at radius 1 is 1.06 bits per heavy atom. The first-order valence-corrected chi connectivity index (χ1v) is 12.6. The first-order valence-electron chi connectivity index (χ1n) is 12.6. The van der Waals surface area contributed by atoms with E-state index in [2.05, 4.69) is 15.5 Å². The van der Waals surface area contributed by atoms with Crippen LogP contribution in [-0.2, 0) is 22.4 Å². The van der Waals surface area contributed by atoms with Crippen LogP contribution in [0.25, 0.3) is 0 Å². The average molecular weight is 472 g/mol. The van der Waals surface area contributed by atoms with Gasteiger partial charge in [0.1, 0.15) is 6.04 Å².